The Morgan fingerprint density at radius 1 is 1.10 bits per heavy atom. The van der Waals surface area contributed by atoms with E-state index >= 15 is 0 Å². The van der Waals surface area contributed by atoms with Crippen LogP contribution in [0.15, 0.2) is 48.5 Å². The molecule has 2 aromatic rings. The molecule has 3 rings (SSSR count). The summed E-state index contributed by atoms with van der Waals surface area (Å²) in [5.74, 6) is -0.134. The molecule has 0 saturated heterocycles. The number of amides is 3. The lowest BCUT2D eigenvalue weighted by Crippen LogP contribution is -2.45. The summed E-state index contributed by atoms with van der Waals surface area (Å²) < 4.78 is 5.71. The zero-order valence-electron chi connectivity index (χ0n) is 17.3. The van der Waals surface area contributed by atoms with Gasteiger partial charge in [0.05, 0.1) is 12.2 Å². The van der Waals surface area contributed by atoms with Gasteiger partial charge in [-0.15, -0.1) is 0 Å². The topological polar surface area (TPSA) is 87.7 Å². The lowest BCUT2D eigenvalue weighted by Gasteiger charge is -2.33. The highest BCUT2D eigenvalue weighted by molar-refractivity contribution is 6.02. The molecule has 0 aliphatic carbocycles. The Balaban J connectivity index is 1.65. The number of nitrogens with one attached hydrogen (secondary N) is 2. The van der Waals surface area contributed by atoms with Crippen molar-refractivity contribution in [1.82, 2.24) is 5.32 Å². The third-order valence-corrected chi connectivity index (χ3v) is 4.88. The number of unbranched alkanes of at least 4 members (excludes halogenated alkanes) is 2. The van der Waals surface area contributed by atoms with Gasteiger partial charge in [0, 0.05) is 17.8 Å². The molecule has 158 valence electrons. The fraction of sp³-hybridized carbons (Fsp3) is 0.348. The first-order valence-corrected chi connectivity index (χ1v) is 10.2. The molecule has 1 heterocycles. The quantitative estimate of drug-likeness (QED) is 0.655. The Labute approximate surface area is 176 Å². The molecule has 0 bridgehead atoms. The molecule has 0 radical (unpaired) electrons. The van der Waals surface area contributed by atoms with Gasteiger partial charge in [-0.05, 0) is 43.7 Å². The molecule has 1 atom stereocenters. The van der Waals surface area contributed by atoms with Gasteiger partial charge in [0.2, 0.25) is 5.91 Å². The van der Waals surface area contributed by atoms with E-state index in [1.165, 1.54) is 0 Å². The first kappa shape index (κ1) is 21.4. The third kappa shape index (κ3) is 5.17. The van der Waals surface area contributed by atoms with E-state index in [-0.39, 0.29) is 24.3 Å². The van der Waals surface area contributed by atoms with Crippen LogP contribution in [0.3, 0.4) is 0 Å². The Hall–Kier alpha value is -3.35. The SMILES string of the molecule is CCCCCN1C(=O)C(C)Oc2ccc(NC(=O)CNC(=O)c3ccccc3)cc21. The summed E-state index contributed by atoms with van der Waals surface area (Å²) in [5, 5.41) is 5.36. The molecular weight excluding hydrogens is 382 g/mol. The Morgan fingerprint density at radius 3 is 2.60 bits per heavy atom. The lowest BCUT2D eigenvalue weighted by atomic mass is 10.1. The summed E-state index contributed by atoms with van der Waals surface area (Å²) in [5.41, 5.74) is 1.69. The number of rotatable bonds is 8. The van der Waals surface area contributed by atoms with Gasteiger partial charge in [-0.1, -0.05) is 38.0 Å². The van der Waals surface area contributed by atoms with E-state index in [0.717, 1.165) is 19.3 Å². The van der Waals surface area contributed by atoms with Crippen molar-refractivity contribution in [2.24, 2.45) is 0 Å². The minimum atomic E-state index is -0.534. The molecule has 1 unspecified atom stereocenters. The number of hydrogen-bond acceptors (Lipinski definition) is 4. The van der Waals surface area contributed by atoms with Crippen molar-refractivity contribution in [2.45, 2.75) is 39.2 Å². The second-order valence-corrected chi connectivity index (χ2v) is 7.24. The van der Waals surface area contributed by atoms with Crippen LogP contribution >= 0.6 is 0 Å². The summed E-state index contributed by atoms with van der Waals surface area (Å²) >= 11 is 0. The van der Waals surface area contributed by atoms with Crippen molar-refractivity contribution in [2.75, 3.05) is 23.3 Å². The first-order valence-electron chi connectivity index (χ1n) is 10.2. The number of fused-ring (bicyclic) bond motifs is 1. The van der Waals surface area contributed by atoms with Crippen molar-refractivity contribution in [1.29, 1.82) is 0 Å². The number of benzene rings is 2. The molecule has 0 fully saturated rings. The summed E-state index contributed by atoms with van der Waals surface area (Å²) in [6, 6.07) is 13.9. The van der Waals surface area contributed by atoms with Crippen LogP contribution in [-0.4, -0.2) is 36.9 Å². The van der Waals surface area contributed by atoms with Gasteiger partial charge in [0.25, 0.3) is 11.8 Å². The number of ether oxygens (including phenoxy) is 1. The molecule has 30 heavy (non-hydrogen) atoms. The van der Waals surface area contributed by atoms with Crippen LogP contribution < -0.4 is 20.3 Å². The molecule has 0 spiro atoms. The van der Waals surface area contributed by atoms with Crippen LogP contribution in [0.5, 0.6) is 5.75 Å². The fourth-order valence-electron chi connectivity index (χ4n) is 3.29. The average molecular weight is 409 g/mol. The van der Waals surface area contributed by atoms with Gasteiger partial charge in [-0.3, -0.25) is 14.4 Å². The van der Waals surface area contributed by atoms with Gasteiger partial charge in [0.15, 0.2) is 6.10 Å². The molecule has 1 aliphatic rings. The first-order chi connectivity index (χ1) is 14.5. The average Bonchev–Trinajstić information content (AvgIpc) is 2.76. The molecule has 1 aliphatic heterocycles. The summed E-state index contributed by atoms with van der Waals surface area (Å²) in [7, 11) is 0. The van der Waals surface area contributed by atoms with Crippen LogP contribution in [0.25, 0.3) is 0 Å². The number of nitrogens with zero attached hydrogens (tertiary/aromatic N) is 1. The van der Waals surface area contributed by atoms with Crippen LogP contribution in [-0.2, 0) is 9.59 Å². The molecule has 0 saturated carbocycles. The van der Waals surface area contributed by atoms with Gasteiger partial charge in [-0.2, -0.15) is 0 Å². The van der Waals surface area contributed by atoms with Gasteiger partial charge < -0.3 is 20.3 Å². The fourth-order valence-corrected chi connectivity index (χ4v) is 3.29. The third-order valence-electron chi connectivity index (χ3n) is 4.88. The number of hydrogen-bond donors (Lipinski definition) is 2. The summed E-state index contributed by atoms with van der Waals surface area (Å²) in [6.07, 6.45) is 2.46. The normalized spacial score (nSPS) is 15.2. The van der Waals surface area contributed by atoms with Crippen LogP contribution in [0.1, 0.15) is 43.5 Å². The summed E-state index contributed by atoms with van der Waals surface area (Å²) in [4.78, 5) is 38.7. The molecular formula is C23H27N3O4. The van der Waals surface area contributed by atoms with E-state index in [2.05, 4.69) is 17.6 Å². The Morgan fingerprint density at radius 2 is 1.87 bits per heavy atom. The van der Waals surface area contributed by atoms with Crippen molar-refractivity contribution in [3.63, 3.8) is 0 Å². The van der Waals surface area contributed by atoms with Crippen LogP contribution in [0.4, 0.5) is 11.4 Å². The van der Waals surface area contributed by atoms with Crippen molar-refractivity contribution in [3.8, 4) is 5.75 Å². The van der Waals surface area contributed by atoms with E-state index in [1.54, 1.807) is 54.3 Å². The highest BCUT2D eigenvalue weighted by atomic mass is 16.5. The molecule has 0 aromatic heterocycles. The maximum atomic E-state index is 12.6. The van der Waals surface area contributed by atoms with Gasteiger partial charge in [0.1, 0.15) is 5.75 Å². The maximum absolute atomic E-state index is 12.6. The van der Waals surface area contributed by atoms with Gasteiger partial charge in [-0.25, -0.2) is 0 Å². The zero-order valence-corrected chi connectivity index (χ0v) is 17.3. The predicted molar refractivity (Wildman–Crippen MR) is 116 cm³/mol. The Bertz CT molecular complexity index is 914. The smallest absolute Gasteiger partial charge is 0.267 e. The highest BCUT2D eigenvalue weighted by Crippen LogP contribution is 2.36. The van der Waals surface area contributed by atoms with Crippen molar-refractivity contribution < 1.29 is 19.1 Å². The standard InChI is InChI=1S/C23H27N3O4/c1-3-4-8-13-26-19-14-18(11-12-20(19)30-16(2)23(26)29)25-21(27)15-24-22(28)17-9-6-5-7-10-17/h5-7,9-12,14,16H,3-4,8,13,15H2,1-2H3,(H,24,28)(H,25,27). The summed E-state index contributed by atoms with van der Waals surface area (Å²) in [6.45, 7) is 4.31. The molecule has 7 heteroatoms. The van der Waals surface area contributed by atoms with Crippen molar-refractivity contribution >= 4 is 29.1 Å². The molecule has 7 nitrogen and oxygen atoms in total. The molecule has 2 aromatic carbocycles. The van der Waals surface area contributed by atoms with E-state index in [1.807, 2.05) is 6.07 Å². The van der Waals surface area contributed by atoms with Crippen LogP contribution in [0, 0.1) is 0 Å². The monoisotopic (exact) mass is 409 g/mol. The number of carbonyl (C=O) groups excluding carboxylic acids is 3. The molecule has 2 N–H and O–H groups in total. The Kier molecular flexibility index (Phi) is 7.06. The highest BCUT2D eigenvalue weighted by Gasteiger charge is 2.31. The van der Waals surface area contributed by atoms with E-state index in [9.17, 15) is 14.4 Å². The number of carbonyl (C=O) groups is 3. The second-order valence-electron chi connectivity index (χ2n) is 7.24. The lowest BCUT2D eigenvalue weighted by molar-refractivity contribution is -0.125. The minimum Gasteiger partial charge on any atom is -0.479 e. The van der Waals surface area contributed by atoms with Crippen molar-refractivity contribution in [3.05, 3.63) is 54.1 Å². The van der Waals surface area contributed by atoms with Crippen LogP contribution in [0.2, 0.25) is 0 Å². The maximum Gasteiger partial charge on any atom is 0.267 e. The van der Waals surface area contributed by atoms with E-state index in [4.69, 9.17) is 4.74 Å². The van der Waals surface area contributed by atoms with Gasteiger partial charge >= 0.3 is 0 Å². The minimum absolute atomic E-state index is 0.0859. The second kappa shape index (κ2) is 9.91. The number of anilines is 2. The molecule has 3 amide bonds. The largest absolute Gasteiger partial charge is 0.479 e. The van der Waals surface area contributed by atoms with E-state index in [0.29, 0.717) is 29.2 Å². The van der Waals surface area contributed by atoms with E-state index < -0.39 is 6.10 Å². The predicted octanol–water partition coefficient (Wildman–Crippen LogP) is 3.36. The zero-order chi connectivity index (χ0) is 21.5.